The lowest BCUT2D eigenvalue weighted by molar-refractivity contribution is -0.159. The van der Waals surface area contributed by atoms with Gasteiger partial charge in [0.2, 0.25) is 0 Å². The molecule has 1 aliphatic rings. The molecule has 0 spiro atoms. The zero-order valence-corrected chi connectivity index (χ0v) is 11.2. The third-order valence-electron chi connectivity index (χ3n) is 3.20. The minimum Gasteiger partial charge on any atom is -0.463 e. The topological polar surface area (TPSA) is 52.6 Å². The number of esters is 2. The van der Waals surface area contributed by atoms with Crippen LogP contribution in [0.5, 0.6) is 0 Å². The summed E-state index contributed by atoms with van der Waals surface area (Å²) >= 11 is 0. The molecule has 0 saturated heterocycles. The number of hydrogen-bond donors (Lipinski definition) is 0. The number of benzene rings is 1. The normalized spacial score (nSPS) is 20.7. The average molecular weight is 262 g/mol. The van der Waals surface area contributed by atoms with Gasteiger partial charge < -0.3 is 9.47 Å². The van der Waals surface area contributed by atoms with E-state index in [4.69, 9.17) is 9.47 Å². The van der Waals surface area contributed by atoms with Crippen LogP contribution in [0.3, 0.4) is 0 Å². The van der Waals surface area contributed by atoms with Crippen LogP contribution in [0.2, 0.25) is 0 Å². The van der Waals surface area contributed by atoms with Gasteiger partial charge in [0.15, 0.2) is 6.61 Å². The highest BCUT2D eigenvalue weighted by Gasteiger charge is 2.45. The first-order valence-electron chi connectivity index (χ1n) is 6.50. The van der Waals surface area contributed by atoms with E-state index in [2.05, 4.69) is 6.07 Å². The molecule has 0 N–H and O–H groups in total. The molecule has 0 amide bonds. The van der Waals surface area contributed by atoms with Crippen molar-refractivity contribution in [2.45, 2.75) is 26.2 Å². The molecule has 2 atom stereocenters. The predicted molar refractivity (Wildman–Crippen MR) is 69.6 cm³/mol. The third kappa shape index (κ3) is 3.56. The highest BCUT2D eigenvalue weighted by Crippen LogP contribution is 2.48. The number of carbonyl (C=O) groups is 2. The fourth-order valence-electron chi connectivity index (χ4n) is 2.16. The Hall–Kier alpha value is -1.84. The van der Waals surface area contributed by atoms with Crippen molar-refractivity contribution in [3.63, 3.8) is 0 Å². The summed E-state index contributed by atoms with van der Waals surface area (Å²) in [6, 6.07) is 8.13. The first kappa shape index (κ1) is 13.6. The number of hydrogen-bond acceptors (Lipinski definition) is 4. The molecule has 0 aromatic heterocycles. The average Bonchev–Trinajstić information content (AvgIpc) is 3.16. The van der Waals surface area contributed by atoms with E-state index in [1.165, 1.54) is 5.56 Å². The summed E-state index contributed by atoms with van der Waals surface area (Å²) in [5, 5.41) is 0. The standard InChI is InChI=1S/C15H18O4/c1-3-18-14(16)9-19-15(17)13-8-12(13)11-6-4-5-10(2)7-11/h4-7,12-13H,3,8-9H2,1-2H3. The first-order valence-corrected chi connectivity index (χ1v) is 6.50. The summed E-state index contributed by atoms with van der Waals surface area (Å²) in [4.78, 5) is 22.8. The molecule has 0 radical (unpaired) electrons. The van der Waals surface area contributed by atoms with Crippen LogP contribution in [0.1, 0.15) is 30.4 Å². The Balaban J connectivity index is 1.82. The smallest absolute Gasteiger partial charge is 0.344 e. The van der Waals surface area contributed by atoms with E-state index in [1.54, 1.807) is 6.92 Å². The molecule has 2 unspecified atom stereocenters. The van der Waals surface area contributed by atoms with Crippen molar-refractivity contribution >= 4 is 11.9 Å². The highest BCUT2D eigenvalue weighted by molar-refractivity contribution is 5.80. The largest absolute Gasteiger partial charge is 0.463 e. The van der Waals surface area contributed by atoms with Crippen LogP contribution in [0.4, 0.5) is 0 Å². The quantitative estimate of drug-likeness (QED) is 0.763. The Labute approximate surface area is 112 Å². The maximum atomic E-state index is 11.8. The maximum Gasteiger partial charge on any atom is 0.344 e. The maximum absolute atomic E-state index is 11.8. The van der Waals surface area contributed by atoms with E-state index >= 15 is 0 Å². The van der Waals surface area contributed by atoms with E-state index in [-0.39, 0.29) is 24.4 Å². The summed E-state index contributed by atoms with van der Waals surface area (Å²) < 4.78 is 9.65. The molecule has 0 heterocycles. The first-order chi connectivity index (χ1) is 9.11. The molecule has 0 bridgehead atoms. The zero-order valence-electron chi connectivity index (χ0n) is 11.2. The molecule has 4 heteroatoms. The van der Waals surface area contributed by atoms with Crippen LogP contribution >= 0.6 is 0 Å². The van der Waals surface area contributed by atoms with Crippen molar-refractivity contribution in [2.75, 3.05) is 13.2 Å². The Morgan fingerprint density at radius 3 is 2.79 bits per heavy atom. The van der Waals surface area contributed by atoms with Gasteiger partial charge in [-0.1, -0.05) is 29.8 Å². The molecule has 1 fully saturated rings. The molecule has 0 aliphatic heterocycles. The number of aryl methyl sites for hydroxylation is 1. The molecule has 1 aromatic carbocycles. The zero-order chi connectivity index (χ0) is 13.8. The van der Waals surface area contributed by atoms with E-state index in [0.717, 1.165) is 12.0 Å². The summed E-state index contributed by atoms with van der Waals surface area (Å²) in [6.07, 6.45) is 0.797. The van der Waals surface area contributed by atoms with Gasteiger partial charge in [-0.25, -0.2) is 4.79 Å². The van der Waals surface area contributed by atoms with E-state index in [1.807, 2.05) is 25.1 Å². The van der Waals surface area contributed by atoms with Gasteiger partial charge in [-0.05, 0) is 31.7 Å². The number of carbonyl (C=O) groups excluding carboxylic acids is 2. The lowest BCUT2D eigenvalue weighted by Gasteiger charge is -2.04. The summed E-state index contributed by atoms with van der Waals surface area (Å²) in [5.41, 5.74) is 2.35. The van der Waals surface area contributed by atoms with E-state index in [0.29, 0.717) is 6.61 Å². The summed E-state index contributed by atoms with van der Waals surface area (Å²) in [7, 11) is 0. The molecule has 19 heavy (non-hydrogen) atoms. The van der Waals surface area contributed by atoms with Gasteiger partial charge in [0.25, 0.3) is 0 Å². The van der Waals surface area contributed by atoms with Gasteiger partial charge in [-0.2, -0.15) is 0 Å². The monoisotopic (exact) mass is 262 g/mol. The van der Waals surface area contributed by atoms with Crippen LogP contribution < -0.4 is 0 Å². The number of ether oxygens (including phenoxy) is 2. The Kier molecular flexibility index (Phi) is 4.20. The Morgan fingerprint density at radius 1 is 1.32 bits per heavy atom. The molecule has 1 aromatic rings. The molecule has 1 saturated carbocycles. The second-order valence-corrected chi connectivity index (χ2v) is 4.78. The molecular weight excluding hydrogens is 244 g/mol. The summed E-state index contributed by atoms with van der Waals surface area (Å²) in [5.74, 6) is -0.686. The van der Waals surface area contributed by atoms with Crippen molar-refractivity contribution in [3.05, 3.63) is 35.4 Å². The fraction of sp³-hybridized carbons (Fsp3) is 0.467. The third-order valence-corrected chi connectivity index (χ3v) is 3.20. The van der Waals surface area contributed by atoms with Crippen molar-refractivity contribution in [1.82, 2.24) is 0 Å². The molecule has 4 nitrogen and oxygen atoms in total. The van der Waals surface area contributed by atoms with Crippen molar-refractivity contribution in [2.24, 2.45) is 5.92 Å². The van der Waals surface area contributed by atoms with Gasteiger partial charge in [-0.3, -0.25) is 4.79 Å². The van der Waals surface area contributed by atoms with Crippen molar-refractivity contribution in [1.29, 1.82) is 0 Å². The summed E-state index contributed by atoms with van der Waals surface area (Å²) in [6.45, 7) is 3.75. The number of rotatable bonds is 5. The van der Waals surface area contributed by atoms with Crippen LogP contribution in [-0.4, -0.2) is 25.2 Å². The SMILES string of the molecule is CCOC(=O)COC(=O)C1CC1c1cccc(C)c1. The lowest BCUT2D eigenvalue weighted by Crippen LogP contribution is -2.17. The van der Waals surface area contributed by atoms with Gasteiger partial charge in [0, 0.05) is 0 Å². The second-order valence-electron chi connectivity index (χ2n) is 4.78. The fourth-order valence-corrected chi connectivity index (χ4v) is 2.16. The molecule has 2 rings (SSSR count). The van der Waals surface area contributed by atoms with Gasteiger partial charge in [0.05, 0.1) is 12.5 Å². The van der Waals surface area contributed by atoms with Crippen molar-refractivity contribution < 1.29 is 19.1 Å². The minimum atomic E-state index is -0.497. The van der Waals surface area contributed by atoms with E-state index in [9.17, 15) is 9.59 Å². The minimum absolute atomic E-state index is 0.115. The Bertz CT molecular complexity index is 481. The van der Waals surface area contributed by atoms with Crippen LogP contribution in [0.25, 0.3) is 0 Å². The van der Waals surface area contributed by atoms with E-state index < -0.39 is 5.97 Å². The van der Waals surface area contributed by atoms with Crippen LogP contribution in [0.15, 0.2) is 24.3 Å². The second kappa shape index (κ2) is 5.87. The Morgan fingerprint density at radius 2 is 2.11 bits per heavy atom. The molecular formula is C15H18O4. The molecule has 102 valence electrons. The highest BCUT2D eigenvalue weighted by atomic mass is 16.6. The van der Waals surface area contributed by atoms with Crippen LogP contribution in [-0.2, 0) is 19.1 Å². The lowest BCUT2D eigenvalue weighted by atomic mass is 10.1. The van der Waals surface area contributed by atoms with Gasteiger partial charge in [0.1, 0.15) is 0 Å². The van der Waals surface area contributed by atoms with Gasteiger partial charge >= 0.3 is 11.9 Å². The van der Waals surface area contributed by atoms with Gasteiger partial charge in [-0.15, -0.1) is 0 Å². The predicted octanol–water partition coefficient (Wildman–Crippen LogP) is 2.20. The van der Waals surface area contributed by atoms with Crippen molar-refractivity contribution in [3.8, 4) is 0 Å². The molecule has 1 aliphatic carbocycles. The van der Waals surface area contributed by atoms with Crippen LogP contribution in [0, 0.1) is 12.8 Å².